The Labute approximate surface area is 147 Å². The molecule has 0 atom stereocenters. The van der Waals surface area contributed by atoms with Crippen LogP contribution in [0.15, 0.2) is 45.8 Å². The number of aryl methyl sites for hydroxylation is 4. The fourth-order valence-electron chi connectivity index (χ4n) is 2.75. The van der Waals surface area contributed by atoms with Crippen LogP contribution in [0.4, 0.5) is 5.69 Å². The summed E-state index contributed by atoms with van der Waals surface area (Å²) >= 11 is 0. The molecule has 0 amide bonds. The first-order valence-electron chi connectivity index (χ1n) is 7.78. The van der Waals surface area contributed by atoms with Gasteiger partial charge >= 0.3 is 0 Å². The third-order valence-electron chi connectivity index (χ3n) is 3.84. The first-order chi connectivity index (χ1) is 11.8. The van der Waals surface area contributed by atoms with E-state index in [0.717, 1.165) is 16.7 Å². The van der Waals surface area contributed by atoms with Gasteiger partial charge in [-0.1, -0.05) is 35.0 Å². The largest absolute Gasteiger partial charge is 0.339 e. The van der Waals surface area contributed by atoms with Gasteiger partial charge in [0.25, 0.3) is 10.0 Å². The van der Waals surface area contributed by atoms with Crippen molar-refractivity contribution in [3.8, 4) is 11.4 Å². The molecule has 0 aliphatic carbocycles. The SMILES string of the molecule is Cc1cc(C)c(NS(=O)(=O)c2cccc(-c3noc(C)n3)c2)c(C)c1. The maximum absolute atomic E-state index is 12.8. The van der Waals surface area contributed by atoms with Crippen molar-refractivity contribution in [1.29, 1.82) is 0 Å². The van der Waals surface area contributed by atoms with Gasteiger partial charge in [0.1, 0.15) is 0 Å². The van der Waals surface area contributed by atoms with Gasteiger partial charge in [0.15, 0.2) is 0 Å². The van der Waals surface area contributed by atoms with Gasteiger partial charge in [0.05, 0.1) is 10.6 Å². The fourth-order valence-corrected chi connectivity index (χ4v) is 4.00. The van der Waals surface area contributed by atoms with Crippen LogP contribution in [0.3, 0.4) is 0 Å². The number of nitrogens with one attached hydrogen (secondary N) is 1. The summed E-state index contributed by atoms with van der Waals surface area (Å²) in [6.45, 7) is 7.43. The minimum Gasteiger partial charge on any atom is -0.339 e. The molecule has 1 N–H and O–H groups in total. The summed E-state index contributed by atoms with van der Waals surface area (Å²) in [5.41, 5.74) is 4.04. The van der Waals surface area contributed by atoms with Crippen LogP contribution >= 0.6 is 0 Å². The molecule has 3 rings (SSSR count). The number of sulfonamides is 1. The lowest BCUT2D eigenvalue weighted by molar-refractivity contribution is 0.394. The first kappa shape index (κ1) is 17.2. The second-order valence-corrected chi connectivity index (χ2v) is 7.73. The Morgan fingerprint density at radius 2 is 1.68 bits per heavy atom. The van der Waals surface area contributed by atoms with Crippen LogP contribution in [0.2, 0.25) is 0 Å². The molecule has 0 saturated heterocycles. The number of hydrogen-bond donors (Lipinski definition) is 1. The molecule has 0 fully saturated rings. The summed E-state index contributed by atoms with van der Waals surface area (Å²) in [5, 5.41) is 3.83. The van der Waals surface area contributed by atoms with Crippen LogP contribution in [0.5, 0.6) is 0 Å². The van der Waals surface area contributed by atoms with E-state index in [0.29, 0.717) is 23.0 Å². The van der Waals surface area contributed by atoms with E-state index >= 15 is 0 Å². The summed E-state index contributed by atoms with van der Waals surface area (Å²) in [7, 11) is -3.73. The van der Waals surface area contributed by atoms with Crippen molar-refractivity contribution in [2.45, 2.75) is 32.6 Å². The van der Waals surface area contributed by atoms with Gasteiger partial charge in [-0.05, 0) is 44.0 Å². The Kier molecular flexibility index (Phi) is 4.34. The zero-order valence-electron chi connectivity index (χ0n) is 14.5. The lowest BCUT2D eigenvalue weighted by atomic mass is 10.1. The zero-order chi connectivity index (χ0) is 18.2. The highest BCUT2D eigenvalue weighted by Crippen LogP contribution is 2.26. The molecule has 130 valence electrons. The molecule has 0 bridgehead atoms. The molecule has 3 aromatic rings. The minimum absolute atomic E-state index is 0.145. The van der Waals surface area contributed by atoms with Gasteiger partial charge in [-0.3, -0.25) is 4.72 Å². The molecule has 0 saturated carbocycles. The van der Waals surface area contributed by atoms with Crippen molar-refractivity contribution in [2.24, 2.45) is 0 Å². The number of benzene rings is 2. The summed E-state index contributed by atoms with van der Waals surface area (Å²) in [5.74, 6) is 0.782. The van der Waals surface area contributed by atoms with E-state index in [2.05, 4.69) is 14.9 Å². The molecule has 1 heterocycles. The van der Waals surface area contributed by atoms with Crippen molar-refractivity contribution in [1.82, 2.24) is 10.1 Å². The number of hydrogen-bond acceptors (Lipinski definition) is 5. The highest BCUT2D eigenvalue weighted by atomic mass is 32.2. The maximum Gasteiger partial charge on any atom is 0.261 e. The molecule has 0 aliphatic heterocycles. The summed E-state index contributed by atoms with van der Waals surface area (Å²) in [6.07, 6.45) is 0. The normalized spacial score (nSPS) is 11.5. The molecule has 0 spiro atoms. The molecule has 7 heteroatoms. The highest BCUT2D eigenvalue weighted by Gasteiger charge is 2.18. The number of anilines is 1. The van der Waals surface area contributed by atoms with Crippen LogP contribution in [0.25, 0.3) is 11.4 Å². The van der Waals surface area contributed by atoms with Crippen LogP contribution < -0.4 is 4.72 Å². The average Bonchev–Trinajstić information content (AvgIpc) is 2.98. The van der Waals surface area contributed by atoms with E-state index in [4.69, 9.17) is 4.52 Å². The molecule has 0 aliphatic rings. The van der Waals surface area contributed by atoms with E-state index in [9.17, 15) is 8.42 Å². The Bertz CT molecular complexity index is 1020. The van der Waals surface area contributed by atoms with Gasteiger partial charge in [-0.2, -0.15) is 4.98 Å². The molecule has 2 aromatic carbocycles. The van der Waals surface area contributed by atoms with E-state index in [-0.39, 0.29) is 4.90 Å². The molecule has 0 unspecified atom stereocenters. The Morgan fingerprint density at radius 1 is 1.00 bits per heavy atom. The van der Waals surface area contributed by atoms with Gasteiger partial charge in [0.2, 0.25) is 11.7 Å². The number of nitrogens with zero attached hydrogens (tertiary/aromatic N) is 2. The maximum atomic E-state index is 12.8. The monoisotopic (exact) mass is 357 g/mol. The molecule has 25 heavy (non-hydrogen) atoms. The van der Waals surface area contributed by atoms with Crippen LogP contribution in [0.1, 0.15) is 22.6 Å². The summed E-state index contributed by atoms with van der Waals surface area (Å²) in [4.78, 5) is 4.28. The molecular weight excluding hydrogens is 338 g/mol. The van der Waals surface area contributed by atoms with Crippen LogP contribution in [-0.2, 0) is 10.0 Å². The van der Waals surface area contributed by atoms with Crippen molar-refractivity contribution in [2.75, 3.05) is 4.72 Å². The van der Waals surface area contributed by atoms with Gasteiger partial charge in [-0.15, -0.1) is 0 Å². The molecule has 6 nitrogen and oxygen atoms in total. The van der Waals surface area contributed by atoms with E-state index in [1.807, 2.05) is 32.9 Å². The topological polar surface area (TPSA) is 85.1 Å². The quantitative estimate of drug-likeness (QED) is 0.768. The molecule has 0 radical (unpaired) electrons. The fraction of sp³-hybridized carbons (Fsp3) is 0.222. The lowest BCUT2D eigenvalue weighted by Crippen LogP contribution is -2.15. The second kappa shape index (κ2) is 6.33. The first-order valence-corrected chi connectivity index (χ1v) is 9.26. The average molecular weight is 357 g/mol. The highest BCUT2D eigenvalue weighted by molar-refractivity contribution is 7.92. The van der Waals surface area contributed by atoms with Gasteiger partial charge in [0, 0.05) is 12.5 Å². The molecular formula is C18H19N3O3S. The molecule has 1 aromatic heterocycles. The van der Waals surface area contributed by atoms with Crippen molar-refractivity contribution in [3.63, 3.8) is 0 Å². The van der Waals surface area contributed by atoms with Gasteiger partial charge < -0.3 is 4.52 Å². The number of aromatic nitrogens is 2. The standard InChI is InChI=1S/C18H19N3O3S/c1-11-8-12(2)17(13(3)9-11)21-25(22,23)16-7-5-6-15(10-16)18-19-14(4)24-20-18/h5-10,21H,1-4H3. The van der Waals surface area contributed by atoms with Gasteiger partial charge in [-0.25, -0.2) is 8.42 Å². The summed E-state index contributed by atoms with van der Waals surface area (Å²) in [6, 6.07) is 10.4. The Balaban J connectivity index is 1.99. The predicted molar refractivity (Wildman–Crippen MR) is 95.9 cm³/mol. The summed E-state index contributed by atoms with van der Waals surface area (Å²) < 4.78 is 33.3. The van der Waals surface area contributed by atoms with E-state index in [1.54, 1.807) is 19.1 Å². The smallest absolute Gasteiger partial charge is 0.261 e. The zero-order valence-corrected chi connectivity index (χ0v) is 15.3. The predicted octanol–water partition coefficient (Wildman–Crippen LogP) is 3.77. The van der Waals surface area contributed by atoms with Crippen LogP contribution in [-0.4, -0.2) is 18.6 Å². The lowest BCUT2D eigenvalue weighted by Gasteiger charge is -2.14. The van der Waals surface area contributed by atoms with Crippen molar-refractivity contribution in [3.05, 3.63) is 59.0 Å². The minimum atomic E-state index is -3.73. The Morgan fingerprint density at radius 3 is 2.28 bits per heavy atom. The van der Waals surface area contributed by atoms with Crippen molar-refractivity contribution < 1.29 is 12.9 Å². The van der Waals surface area contributed by atoms with Crippen LogP contribution in [0, 0.1) is 27.7 Å². The van der Waals surface area contributed by atoms with Crippen molar-refractivity contribution >= 4 is 15.7 Å². The van der Waals surface area contributed by atoms with E-state index < -0.39 is 10.0 Å². The van der Waals surface area contributed by atoms with E-state index in [1.165, 1.54) is 12.1 Å². The second-order valence-electron chi connectivity index (χ2n) is 6.04. The third-order valence-corrected chi connectivity index (χ3v) is 5.19. The number of rotatable bonds is 4. The Hall–Kier alpha value is -2.67. The third kappa shape index (κ3) is 3.56.